The predicted octanol–water partition coefficient (Wildman–Crippen LogP) is 5.29. The summed E-state index contributed by atoms with van der Waals surface area (Å²) in [6.07, 6.45) is 0.284. The van der Waals surface area contributed by atoms with Crippen LogP contribution in [0.3, 0.4) is 0 Å². The van der Waals surface area contributed by atoms with Crippen molar-refractivity contribution < 1.29 is 14.9 Å². The molecule has 0 aromatic heterocycles. The van der Waals surface area contributed by atoms with Crippen molar-refractivity contribution in [3.8, 4) is 16.9 Å². The molecule has 2 N–H and O–H groups in total. The lowest BCUT2D eigenvalue weighted by molar-refractivity contribution is 0.173. The van der Waals surface area contributed by atoms with Crippen LogP contribution >= 0.6 is 0 Å². The Kier molecular flexibility index (Phi) is 6.50. The van der Waals surface area contributed by atoms with E-state index in [2.05, 4.69) is 38.1 Å². The Labute approximate surface area is 167 Å². The lowest BCUT2D eigenvalue weighted by atomic mass is 9.93. The van der Waals surface area contributed by atoms with Gasteiger partial charge in [0, 0.05) is 0 Å². The molecule has 3 nitrogen and oxygen atoms in total. The predicted molar refractivity (Wildman–Crippen MR) is 112 cm³/mol. The zero-order chi connectivity index (χ0) is 20.1. The molecule has 1 radical (unpaired) electrons. The van der Waals surface area contributed by atoms with Gasteiger partial charge in [0.05, 0.1) is 12.7 Å². The normalized spacial score (nSPS) is 12.0. The molecule has 0 aliphatic rings. The summed E-state index contributed by atoms with van der Waals surface area (Å²) in [4.78, 5) is 0. The maximum atomic E-state index is 10.1. The second kappa shape index (κ2) is 9.05. The molecular formula is C25H27O3. The van der Waals surface area contributed by atoms with Gasteiger partial charge in [-0.3, -0.25) is 0 Å². The van der Waals surface area contributed by atoms with E-state index in [0.717, 1.165) is 44.7 Å². The van der Waals surface area contributed by atoms with E-state index in [1.807, 2.05) is 43.3 Å². The summed E-state index contributed by atoms with van der Waals surface area (Å²) in [5.41, 5.74) is 7.21. The molecule has 145 valence electrons. The van der Waals surface area contributed by atoms with Crippen LogP contribution in [0.25, 0.3) is 11.1 Å². The Bertz CT molecular complexity index is 946. The molecule has 0 saturated heterocycles. The standard InChI is InChI=1S/C25H27O3/c1-4-24(27)21-11-12-22(17(2)13-21)23-9-6-10-25(18(23)3)28-16-20-8-5-7-19(14-20)15-26/h5-6,8-14,24,26-27H,4,15-16H2,1-3H3. The number of aliphatic hydroxyl groups excluding tert-OH is 2. The van der Waals surface area contributed by atoms with Crippen LogP contribution in [0.15, 0.2) is 54.6 Å². The number of aliphatic hydroxyl groups is 2. The first-order valence-electron chi connectivity index (χ1n) is 9.65. The summed E-state index contributed by atoms with van der Waals surface area (Å²) < 4.78 is 6.07. The molecule has 1 unspecified atom stereocenters. The van der Waals surface area contributed by atoms with E-state index in [0.29, 0.717) is 13.0 Å². The molecular weight excluding hydrogens is 348 g/mol. The van der Waals surface area contributed by atoms with E-state index in [1.54, 1.807) is 0 Å². The molecule has 0 saturated carbocycles. The van der Waals surface area contributed by atoms with Gasteiger partial charge in [0.25, 0.3) is 0 Å². The monoisotopic (exact) mass is 375 g/mol. The second-order valence-corrected chi connectivity index (χ2v) is 7.10. The van der Waals surface area contributed by atoms with E-state index in [-0.39, 0.29) is 6.61 Å². The number of rotatable bonds is 7. The van der Waals surface area contributed by atoms with Gasteiger partial charge in [-0.05, 0) is 77.4 Å². The average molecular weight is 375 g/mol. The molecule has 0 aliphatic carbocycles. The van der Waals surface area contributed by atoms with Crippen molar-refractivity contribution in [1.29, 1.82) is 0 Å². The smallest absolute Gasteiger partial charge is 0.123 e. The van der Waals surface area contributed by atoms with Crippen LogP contribution in [0.5, 0.6) is 5.75 Å². The lowest BCUT2D eigenvalue weighted by Crippen LogP contribution is -2.00. The molecule has 3 aromatic carbocycles. The largest absolute Gasteiger partial charge is 0.489 e. The third-order valence-corrected chi connectivity index (χ3v) is 5.09. The van der Waals surface area contributed by atoms with Crippen LogP contribution in [0.2, 0.25) is 0 Å². The zero-order valence-electron chi connectivity index (χ0n) is 16.7. The fourth-order valence-electron chi connectivity index (χ4n) is 3.41. The Morgan fingerprint density at radius 1 is 1.04 bits per heavy atom. The topological polar surface area (TPSA) is 49.7 Å². The Hall–Kier alpha value is -2.62. The quantitative estimate of drug-likeness (QED) is 0.590. The van der Waals surface area contributed by atoms with Crippen LogP contribution in [0, 0.1) is 19.9 Å². The van der Waals surface area contributed by atoms with Crippen molar-refractivity contribution in [3.63, 3.8) is 0 Å². The van der Waals surface area contributed by atoms with Crippen LogP contribution in [-0.2, 0) is 13.2 Å². The van der Waals surface area contributed by atoms with Gasteiger partial charge in [-0.15, -0.1) is 0 Å². The molecule has 0 bridgehead atoms. The maximum absolute atomic E-state index is 10.1. The first kappa shape index (κ1) is 20.1. The third kappa shape index (κ3) is 4.44. The van der Waals surface area contributed by atoms with Gasteiger partial charge in [-0.25, -0.2) is 0 Å². The molecule has 3 heteroatoms. The minimum absolute atomic E-state index is 0.0235. The van der Waals surface area contributed by atoms with Gasteiger partial charge in [0.15, 0.2) is 0 Å². The minimum atomic E-state index is -0.421. The summed E-state index contributed by atoms with van der Waals surface area (Å²) in [5, 5.41) is 19.4. The van der Waals surface area contributed by atoms with E-state index >= 15 is 0 Å². The molecule has 3 aromatic rings. The first-order valence-corrected chi connectivity index (χ1v) is 9.65. The van der Waals surface area contributed by atoms with Gasteiger partial charge in [0.1, 0.15) is 12.4 Å². The van der Waals surface area contributed by atoms with E-state index in [1.165, 1.54) is 0 Å². The molecule has 0 fully saturated rings. The highest BCUT2D eigenvalue weighted by Crippen LogP contribution is 2.33. The summed E-state index contributed by atoms with van der Waals surface area (Å²) in [7, 11) is 0. The molecule has 0 aliphatic heterocycles. The zero-order valence-corrected chi connectivity index (χ0v) is 16.7. The Morgan fingerprint density at radius 3 is 2.57 bits per heavy atom. The second-order valence-electron chi connectivity index (χ2n) is 7.10. The molecule has 0 amide bonds. The first-order chi connectivity index (χ1) is 13.5. The van der Waals surface area contributed by atoms with Crippen molar-refractivity contribution >= 4 is 0 Å². The van der Waals surface area contributed by atoms with E-state index in [4.69, 9.17) is 4.74 Å². The highest BCUT2D eigenvalue weighted by Gasteiger charge is 2.12. The number of aryl methyl sites for hydroxylation is 1. The summed E-state index contributed by atoms with van der Waals surface area (Å²) >= 11 is 0. The van der Waals surface area contributed by atoms with Crippen molar-refractivity contribution in [1.82, 2.24) is 0 Å². The fourth-order valence-corrected chi connectivity index (χ4v) is 3.41. The lowest BCUT2D eigenvalue weighted by Gasteiger charge is -2.16. The van der Waals surface area contributed by atoms with Crippen LogP contribution in [0.4, 0.5) is 0 Å². The third-order valence-electron chi connectivity index (χ3n) is 5.09. The number of hydrogen-bond acceptors (Lipinski definition) is 3. The van der Waals surface area contributed by atoms with E-state index in [9.17, 15) is 10.2 Å². The maximum Gasteiger partial charge on any atom is 0.123 e. The summed E-state index contributed by atoms with van der Waals surface area (Å²) in [6, 6.07) is 20.9. The van der Waals surface area contributed by atoms with Crippen molar-refractivity contribution in [2.45, 2.75) is 46.5 Å². The highest BCUT2D eigenvalue weighted by atomic mass is 16.5. The van der Waals surface area contributed by atoms with Gasteiger partial charge in [0.2, 0.25) is 0 Å². The van der Waals surface area contributed by atoms with Gasteiger partial charge in [-0.1, -0.05) is 49.4 Å². The highest BCUT2D eigenvalue weighted by molar-refractivity contribution is 5.73. The molecule has 0 heterocycles. The molecule has 3 rings (SSSR count). The molecule has 28 heavy (non-hydrogen) atoms. The summed E-state index contributed by atoms with van der Waals surface area (Å²) in [5.74, 6) is 0.841. The SMILES string of the molecule is CCC(O)c1ccc(-c2cccc(OCc3cc[c]c(CO)c3)c2C)c(C)c1. The van der Waals surface area contributed by atoms with Crippen LogP contribution < -0.4 is 4.74 Å². The van der Waals surface area contributed by atoms with Crippen LogP contribution in [0.1, 0.15) is 47.3 Å². The Balaban J connectivity index is 1.85. The van der Waals surface area contributed by atoms with Gasteiger partial charge < -0.3 is 14.9 Å². The van der Waals surface area contributed by atoms with E-state index < -0.39 is 6.10 Å². The molecule has 1 atom stereocenters. The van der Waals surface area contributed by atoms with Crippen molar-refractivity contribution in [2.75, 3.05) is 0 Å². The Morgan fingerprint density at radius 2 is 1.86 bits per heavy atom. The fraction of sp³-hybridized carbons (Fsp3) is 0.280. The van der Waals surface area contributed by atoms with Gasteiger partial charge in [-0.2, -0.15) is 0 Å². The minimum Gasteiger partial charge on any atom is -0.489 e. The van der Waals surface area contributed by atoms with Crippen molar-refractivity contribution in [3.05, 3.63) is 88.5 Å². The number of hydrogen-bond donors (Lipinski definition) is 2. The average Bonchev–Trinajstić information content (AvgIpc) is 2.72. The summed E-state index contributed by atoms with van der Waals surface area (Å²) in [6.45, 7) is 6.53. The molecule has 0 spiro atoms. The van der Waals surface area contributed by atoms with Gasteiger partial charge >= 0.3 is 0 Å². The van der Waals surface area contributed by atoms with Crippen LogP contribution in [-0.4, -0.2) is 10.2 Å². The van der Waals surface area contributed by atoms with Crippen molar-refractivity contribution in [2.24, 2.45) is 0 Å². The number of ether oxygens (including phenoxy) is 1. The number of benzene rings is 3.